The van der Waals surface area contributed by atoms with E-state index in [0.29, 0.717) is 28.6 Å². The molecule has 0 atom stereocenters. The molecule has 0 aliphatic heterocycles. The van der Waals surface area contributed by atoms with E-state index in [0.717, 1.165) is 5.69 Å². The maximum atomic E-state index is 12.4. The fourth-order valence-electron chi connectivity index (χ4n) is 2.42. The number of benzene rings is 2. The van der Waals surface area contributed by atoms with Gasteiger partial charge in [0, 0.05) is 23.6 Å². The minimum absolute atomic E-state index is 0.280. The maximum absolute atomic E-state index is 12.4. The van der Waals surface area contributed by atoms with Crippen molar-refractivity contribution in [2.24, 2.45) is 0 Å². The number of anilines is 3. The van der Waals surface area contributed by atoms with Crippen molar-refractivity contribution in [3.8, 4) is 11.5 Å². The molecule has 0 saturated carbocycles. The zero-order chi connectivity index (χ0) is 18.4. The lowest BCUT2D eigenvalue weighted by Crippen LogP contribution is -2.13. The zero-order valence-corrected chi connectivity index (χ0v) is 14.5. The molecule has 2 N–H and O–H groups in total. The van der Waals surface area contributed by atoms with Gasteiger partial charge in [-0.1, -0.05) is 18.2 Å². The number of ether oxygens (including phenoxy) is 2. The van der Waals surface area contributed by atoms with Gasteiger partial charge in [-0.05, 0) is 36.4 Å². The Bertz CT molecular complexity index is 898. The summed E-state index contributed by atoms with van der Waals surface area (Å²) >= 11 is 0. The van der Waals surface area contributed by atoms with E-state index in [1.54, 1.807) is 32.5 Å². The number of para-hydroxylation sites is 1. The van der Waals surface area contributed by atoms with E-state index in [1.807, 2.05) is 48.5 Å². The predicted octanol–water partition coefficient (Wildman–Crippen LogP) is 4.09. The van der Waals surface area contributed by atoms with Crippen LogP contribution in [0.4, 0.5) is 17.1 Å². The lowest BCUT2D eigenvalue weighted by Gasteiger charge is -2.13. The van der Waals surface area contributed by atoms with Gasteiger partial charge in [-0.3, -0.25) is 9.78 Å². The molecule has 6 nitrogen and oxygen atoms in total. The Balaban J connectivity index is 1.80. The Kier molecular flexibility index (Phi) is 5.34. The smallest absolute Gasteiger partial charge is 0.274 e. The molecule has 6 heteroatoms. The van der Waals surface area contributed by atoms with Gasteiger partial charge >= 0.3 is 0 Å². The van der Waals surface area contributed by atoms with Crippen LogP contribution in [0, 0.1) is 0 Å². The Morgan fingerprint density at radius 3 is 2.46 bits per heavy atom. The van der Waals surface area contributed by atoms with Crippen LogP contribution in [-0.2, 0) is 0 Å². The first-order valence-corrected chi connectivity index (χ1v) is 8.01. The minimum Gasteiger partial charge on any atom is -0.497 e. The van der Waals surface area contributed by atoms with Gasteiger partial charge in [0.05, 0.1) is 19.9 Å². The van der Waals surface area contributed by atoms with E-state index in [4.69, 9.17) is 9.47 Å². The molecule has 0 bridgehead atoms. The van der Waals surface area contributed by atoms with E-state index < -0.39 is 0 Å². The predicted molar refractivity (Wildman–Crippen MR) is 101 cm³/mol. The number of nitrogens with one attached hydrogen (secondary N) is 2. The van der Waals surface area contributed by atoms with Crippen LogP contribution in [0.15, 0.2) is 66.9 Å². The third-order valence-electron chi connectivity index (χ3n) is 3.71. The molecule has 3 aromatic rings. The van der Waals surface area contributed by atoms with Gasteiger partial charge < -0.3 is 20.1 Å². The molecule has 132 valence electrons. The standard InChI is InChI=1S/C20H19N3O3/c1-25-16-8-9-19(26-2)17(13-16)22-15-10-11-21-18(12-15)20(24)23-14-6-4-3-5-7-14/h3-13H,1-2H3,(H,21,22)(H,23,24). The number of pyridine rings is 1. The molecule has 0 radical (unpaired) electrons. The van der Waals surface area contributed by atoms with E-state index in [2.05, 4.69) is 15.6 Å². The van der Waals surface area contributed by atoms with Crippen molar-refractivity contribution < 1.29 is 14.3 Å². The van der Waals surface area contributed by atoms with Gasteiger partial charge in [-0.25, -0.2) is 0 Å². The van der Waals surface area contributed by atoms with Crippen LogP contribution >= 0.6 is 0 Å². The van der Waals surface area contributed by atoms with E-state index >= 15 is 0 Å². The summed E-state index contributed by atoms with van der Waals surface area (Å²) in [7, 11) is 3.20. The summed E-state index contributed by atoms with van der Waals surface area (Å²) in [5, 5.41) is 6.05. The highest BCUT2D eigenvalue weighted by Gasteiger charge is 2.10. The van der Waals surface area contributed by atoms with Gasteiger partial charge in [0.1, 0.15) is 17.2 Å². The Morgan fingerprint density at radius 1 is 0.923 bits per heavy atom. The summed E-state index contributed by atoms with van der Waals surface area (Å²) in [5.41, 5.74) is 2.46. The summed E-state index contributed by atoms with van der Waals surface area (Å²) in [6, 6.07) is 18.1. The molecule has 2 aromatic carbocycles. The molecule has 0 spiro atoms. The third kappa shape index (κ3) is 4.10. The molecule has 1 heterocycles. The zero-order valence-electron chi connectivity index (χ0n) is 14.5. The topological polar surface area (TPSA) is 72.5 Å². The van der Waals surface area contributed by atoms with Crippen LogP contribution < -0.4 is 20.1 Å². The second kappa shape index (κ2) is 8.02. The molecule has 0 unspecified atom stereocenters. The van der Waals surface area contributed by atoms with Crippen molar-refractivity contribution in [2.75, 3.05) is 24.9 Å². The molecular formula is C20H19N3O3. The molecule has 1 aromatic heterocycles. The number of carbonyl (C=O) groups excluding carboxylic acids is 1. The van der Waals surface area contributed by atoms with Crippen LogP contribution in [-0.4, -0.2) is 25.1 Å². The highest BCUT2D eigenvalue weighted by atomic mass is 16.5. The molecule has 1 amide bonds. The van der Waals surface area contributed by atoms with Crippen LogP contribution in [0.3, 0.4) is 0 Å². The SMILES string of the molecule is COc1ccc(OC)c(Nc2ccnc(C(=O)Nc3ccccc3)c2)c1. The largest absolute Gasteiger partial charge is 0.497 e. The first-order valence-electron chi connectivity index (χ1n) is 8.01. The minimum atomic E-state index is -0.280. The van der Waals surface area contributed by atoms with Gasteiger partial charge in [-0.15, -0.1) is 0 Å². The van der Waals surface area contributed by atoms with Crippen LogP contribution in [0.2, 0.25) is 0 Å². The number of aromatic nitrogens is 1. The van der Waals surface area contributed by atoms with E-state index in [-0.39, 0.29) is 5.91 Å². The van der Waals surface area contributed by atoms with Crippen molar-refractivity contribution in [2.45, 2.75) is 0 Å². The van der Waals surface area contributed by atoms with Crippen molar-refractivity contribution in [1.82, 2.24) is 4.98 Å². The Morgan fingerprint density at radius 2 is 1.73 bits per heavy atom. The van der Waals surface area contributed by atoms with Crippen molar-refractivity contribution in [3.05, 3.63) is 72.6 Å². The summed E-state index contributed by atoms with van der Waals surface area (Å²) in [6.07, 6.45) is 1.58. The first-order chi connectivity index (χ1) is 12.7. The number of hydrogen-bond donors (Lipinski definition) is 2. The number of nitrogens with zero attached hydrogens (tertiary/aromatic N) is 1. The summed E-state index contributed by atoms with van der Waals surface area (Å²) in [4.78, 5) is 16.5. The van der Waals surface area contributed by atoms with Gasteiger partial charge in [0.25, 0.3) is 5.91 Å². The lowest BCUT2D eigenvalue weighted by molar-refractivity contribution is 0.102. The quantitative estimate of drug-likeness (QED) is 0.701. The highest BCUT2D eigenvalue weighted by Crippen LogP contribution is 2.31. The summed E-state index contributed by atoms with van der Waals surface area (Å²) in [5.74, 6) is 1.08. The molecule has 0 fully saturated rings. The number of amides is 1. The molecule has 0 aliphatic rings. The summed E-state index contributed by atoms with van der Waals surface area (Å²) in [6.45, 7) is 0. The van der Waals surface area contributed by atoms with E-state index in [1.165, 1.54) is 0 Å². The number of rotatable bonds is 6. The molecule has 0 aliphatic carbocycles. The van der Waals surface area contributed by atoms with Gasteiger partial charge in [0.15, 0.2) is 0 Å². The number of carbonyl (C=O) groups is 1. The normalized spacial score (nSPS) is 10.1. The van der Waals surface area contributed by atoms with Crippen molar-refractivity contribution in [3.63, 3.8) is 0 Å². The van der Waals surface area contributed by atoms with Gasteiger partial charge in [-0.2, -0.15) is 0 Å². The monoisotopic (exact) mass is 349 g/mol. The van der Waals surface area contributed by atoms with Crippen LogP contribution in [0.1, 0.15) is 10.5 Å². The fraction of sp³-hybridized carbons (Fsp3) is 0.100. The van der Waals surface area contributed by atoms with E-state index in [9.17, 15) is 4.79 Å². The van der Waals surface area contributed by atoms with Crippen LogP contribution in [0.25, 0.3) is 0 Å². The molecule has 3 rings (SSSR count). The highest BCUT2D eigenvalue weighted by molar-refractivity contribution is 6.03. The second-order valence-corrected chi connectivity index (χ2v) is 5.44. The number of hydrogen-bond acceptors (Lipinski definition) is 5. The molecule has 0 saturated heterocycles. The Labute approximate surface area is 151 Å². The van der Waals surface area contributed by atoms with Crippen molar-refractivity contribution in [1.29, 1.82) is 0 Å². The van der Waals surface area contributed by atoms with Gasteiger partial charge in [0.2, 0.25) is 0 Å². The number of methoxy groups -OCH3 is 2. The maximum Gasteiger partial charge on any atom is 0.274 e. The molecular weight excluding hydrogens is 330 g/mol. The van der Waals surface area contributed by atoms with Crippen molar-refractivity contribution >= 4 is 23.0 Å². The molecule has 26 heavy (non-hydrogen) atoms. The average Bonchev–Trinajstić information content (AvgIpc) is 2.69. The third-order valence-corrected chi connectivity index (χ3v) is 3.71. The lowest BCUT2D eigenvalue weighted by atomic mass is 10.2. The first kappa shape index (κ1) is 17.3. The second-order valence-electron chi connectivity index (χ2n) is 5.44. The Hall–Kier alpha value is -3.54. The van der Waals surface area contributed by atoms with Crippen LogP contribution in [0.5, 0.6) is 11.5 Å². The summed E-state index contributed by atoms with van der Waals surface area (Å²) < 4.78 is 10.6. The average molecular weight is 349 g/mol. The fourth-order valence-corrected chi connectivity index (χ4v) is 2.42.